The van der Waals surface area contributed by atoms with Gasteiger partial charge in [0.15, 0.2) is 0 Å². The van der Waals surface area contributed by atoms with Crippen LogP contribution in [0.2, 0.25) is 0 Å². The lowest BCUT2D eigenvalue weighted by atomic mass is 9.82. The first kappa shape index (κ1) is 70.6. The van der Waals surface area contributed by atoms with Crippen LogP contribution < -0.4 is 41.7 Å². The largest absolute Gasteiger partial charge is 0.391 e. The number of anilines is 3. The average molecular weight is 1350 g/mol. The van der Waals surface area contributed by atoms with Crippen molar-refractivity contribution in [1.29, 1.82) is 0 Å². The zero-order chi connectivity index (χ0) is 68.8. The van der Waals surface area contributed by atoms with Crippen molar-refractivity contribution in [2.45, 2.75) is 156 Å². The van der Waals surface area contributed by atoms with E-state index >= 15 is 8.78 Å². The third-order valence-corrected chi connectivity index (χ3v) is 21.7. The molecule has 2 spiro atoms. The standard InChI is InChI=1S/C72H97F2N15O7S/c1-47(51-11-13-52(14-12-51)65-48(2)80-46-97-65)81-67(95)58-33-54(90)39-89(58)68(96)66(69(3,4)5)82-62(92)16-15-61(91)75-23-30-85-26-19-71(42-85)20-27-86(43-71)40-63(93)77-37-50-10-8-9-49(31-50)36-76-59-35-60(79-45-78-59)87-28-21-72(22-29-87)44-88(41-64(94)83-72)57-34-55(73)53(32-56(57)74)38-84-24-17-70(6,7)18-25-84/h8-14,31-32,34-35,45-47,54,58,66,90H,15-30,33,36-44H2,1-7H3,(H,75,91)(H,77,93)(H,81,95)(H,82,92)(H,83,94)(H,76,78,79)/t47-,54+,58-,66+,71+/m0/s1. The maximum absolute atomic E-state index is 15.8. The van der Waals surface area contributed by atoms with Crippen molar-refractivity contribution in [3.05, 3.63) is 118 Å². The van der Waals surface area contributed by atoms with Crippen molar-refractivity contribution in [1.82, 2.24) is 61.1 Å². The van der Waals surface area contributed by atoms with Gasteiger partial charge in [0.25, 0.3) is 0 Å². The van der Waals surface area contributed by atoms with Crippen LogP contribution in [0.4, 0.5) is 26.1 Å². The number of benzene rings is 3. The zero-order valence-corrected chi connectivity index (χ0v) is 58.1. The molecule has 6 saturated heterocycles. The van der Waals surface area contributed by atoms with E-state index in [4.69, 9.17) is 0 Å². The number of aryl methyl sites for hydroxylation is 1. The van der Waals surface area contributed by atoms with Gasteiger partial charge in [-0.05, 0) is 123 Å². The number of thiazole rings is 1. The second-order valence-corrected chi connectivity index (χ2v) is 30.8. The Balaban J connectivity index is 0.565. The van der Waals surface area contributed by atoms with E-state index in [1.165, 1.54) is 23.4 Å². The number of nitrogens with one attached hydrogen (secondary N) is 6. The van der Waals surface area contributed by atoms with E-state index in [-0.39, 0.29) is 72.6 Å². The third-order valence-electron chi connectivity index (χ3n) is 20.7. The number of carbonyl (C=O) groups excluding carboxylic acids is 6. The van der Waals surface area contributed by atoms with Crippen molar-refractivity contribution < 1.29 is 42.7 Å². The number of hydrogen-bond donors (Lipinski definition) is 7. The van der Waals surface area contributed by atoms with E-state index in [9.17, 15) is 33.9 Å². The molecule has 2 aromatic heterocycles. The number of piperazine rings is 1. The number of rotatable bonds is 23. The number of β-amino-alcohol motifs (C(OH)–C–C–N with tert-alkyl or cyclic N) is 1. The Bertz CT molecular complexity index is 3640. The molecule has 5 aromatic rings. The molecule has 3 aromatic carbocycles. The van der Waals surface area contributed by atoms with Crippen molar-refractivity contribution in [3.63, 3.8) is 0 Å². The fraction of sp³-hybridized carbons (Fsp3) is 0.569. The molecule has 6 amide bonds. The summed E-state index contributed by atoms with van der Waals surface area (Å²) in [7, 11) is 0. The van der Waals surface area contributed by atoms with E-state index < -0.39 is 58.5 Å². The van der Waals surface area contributed by atoms with Crippen molar-refractivity contribution in [2.24, 2.45) is 16.2 Å². The van der Waals surface area contributed by atoms with Gasteiger partial charge in [-0.3, -0.25) is 38.6 Å². The molecule has 6 aliphatic heterocycles. The summed E-state index contributed by atoms with van der Waals surface area (Å²) in [5, 5.41) is 29.3. The number of aliphatic hydroxyl groups excluding tert-OH is 1. The summed E-state index contributed by atoms with van der Waals surface area (Å²) in [6, 6.07) is 18.1. The molecule has 11 rings (SSSR count). The second kappa shape index (κ2) is 30.2. The molecule has 522 valence electrons. The molecule has 7 N–H and O–H groups in total. The molecule has 6 fully saturated rings. The van der Waals surface area contributed by atoms with Gasteiger partial charge in [-0.25, -0.2) is 23.7 Å². The number of likely N-dealkylation sites (tertiary alicyclic amines) is 4. The number of piperidine rings is 2. The smallest absolute Gasteiger partial charge is 0.246 e. The van der Waals surface area contributed by atoms with Crippen molar-refractivity contribution in [2.75, 3.05) is 107 Å². The number of halogens is 2. The quantitative estimate of drug-likeness (QED) is 0.0360. The van der Waals surface area contributed by atoms with Crippen LogP contribution in [0.1, 0.15) is 133 Å². The van der Waals surface area contributed by atoms with E-state index in [0.717, 1.165) is 104 Å². The Morgan fingerprint density at radius 3 is 2.19 bits per heavy atom. The average Bonchev–Trinajstić information content (AvgIpc) is 1.79. The van der Waals surface area contributed by atoms with E-state index in [0.29, 0.717) is 83.1 Å². The van der Waals surface area contributed by atoms with Gasteiger partial charge in [-0.2, -0.15) is 0 Å². The Morgan fingerprint density at radius 1 is 0.763 bits per heavy atom. The Morgan fingerprint density at radius 2 is 1.46 bits per heavy atom. The van der Waals surface area contributed by atoms with Crippen LogP contribution in [0.3, 0.4) is 0 Å². The maximum Gasteiger partial charge on any atom is 0.246 e. The summed E-state index contributed by atoms with van der Waals surface area (Å²) < 4.78 is 31.4. The number of aliphatic hydroxyl groups is 1. The molecule has 97 heavy (non-hydrogen) atoms. The first-order valence-corrected chi connectivity index (χ1v) is 35.4. The van der Waals surface area contributed by atoms with Crippen molar-refractivity contribution >= 4 is 64.1 Å². The lowest BCUT2D eigenvalue weighted by Crippen LogP contribution is -2.66. The molecule has 0 saturated carbocycles. The van der Waals surface area contributed by atoms with Gasteiger partial charge in [-0.15, -0.1) is 11.3 Å². The number of nitrogens with zero attached hydrogens (tertiary/aromatic N) is 9. The summed E-state index contributed by atoms with van der Waals surface area (Å²) in [6.45, 7) is 22.9. The molecular formula is C72H97F2N15O7S. The van der Waals surface area contributed by atoms with Crippen LogP contribution in [0.15, 0.2) is 78.6 Å². The lowest BCUT2D eigenvalue weighted by Gasteiger charge is -2.48. The number of aromatic nitrogens is 3. The first-order valence-electron chi connectivity index (χ1n) is 34.5. The number of carbonyl (C=O) groups is 6. The Kier molecular flexibility index (Phi) is 22.0. The summed E-state index contributed by atoms with van der Waals surface area (Å²) in [4.78, 5) is 107. The fourth-order valence-electron chi connectivity index (χ4n) is 14.8. The topological polar surface area (TPSA) is 253 Å². The number of hydrogen-bond acceptors (Lipinski definition) is 17. The molecule has 0 radical (unpaired) electrons. The molecule has 0 aliphatic carbocycles. The highest BCUT2D eigenvalue weighted by Gasteiger charge is 2.47. The molecule has 5 atom stereocenters. The maximum atomic E-state index is 15.8. The number of amides is 6. The summed E-state index contributed by atoms with van der Waals surface area (Å²) in [5.41, 5.74) is 6.09. The zero-order valence-electron chi connectivity index (χ0n) is 57.3. The fourth-order valence-corrected chi connectivity index (χ4v) is 15.6. The van der Waals surface area contributed by atoms with Gasteiger partial charge in [0.1, 0.15) is 41.7 Å². The van der Waals surface area contributed by atoms with E-state index in [1.54, 1.807) is 16.2 Å². The molecule has 8 heterocycles. The first-order chi connectivity index (χ1) is 46.3. The SMILES string of the molecule is Cc1ncsc1-c1ccc([C@H](C)NC(=O)[C@@H]2C[C@@H](O)CN2C(=O)[C@@H](NC(=O)CCC(=O)NCCN2CC[C@@]3(CCN(CC(=O)NCc4cccc(CNc5cc(N6CCC7(CC6)CN(c6cc(F)c(CN8CCC(C)(C)CC8)cc6F)CC(=O)N7)ncn5)c4)C3)C2)C(C)(C)C)cc1. The normalized spacial score (nSPS) is 22.0. The van der Waals surface area contributed by atoms with Gasteiger partial charge < -0.3 is 56.6 Å². The predicted octanol–water partition coefficient (Wildman–Crippen LogP) is 6.68. The van der Waals surface area contributed by atoms with Crippen molar-refractivity contribution in [3.8, 4) is 10.4 Å². The van der Waals surface area contributed by atoms with Gasteiger partial charge in [0.2, 0.25) is 35.4 Å². The highest BCUT2D eigenvalue weighted by Crippen LogP contribution is 2.40. The van der Waals surface area contributed by atoms with Crippen LogP contribution in [0.5, 0.6) is 0 Å². The minimum atomic E-state index is -1.01. The minimum absolute atomic E-state index is 0.0405. The molecular weight excluding hydrogens is 1260 g/mol. The summed E-state index contributed by atoms with van der Waals surface area (Å²) in [6.07, 6.45) is 5.68. The lowest BCUT2D eigenvalue weighted by molar-refractivity contribution is -0.144. The van der Waals surface area contributed by atoms with Gasteiger partial charge in [0.05, 0.1) is 52.5 Å². The van der Waals surface area contributed by atoms with Crippen LogP contribution in [-0.2, 0) is 48.4 Å². The Hall–Kier alpha value is -7.71. The molecule has 25 heteroatoms. The van der Waals surface area contributed by atoms with Gasteiger partial charge >= 0.3 is 0 Å². The highest BCUT2D eigenvalue weighted by atomic mass is 32.1. The second-order valence-electron chi connectivity index (χ2n) is 29.9. The predicted molar refractivity (Wildman–Crippen MR) is 370 cm³/mol. The summed E-state index contributed by atoms with van der Waals surface area (Å²) in [5.74, 6) is -1.43. The Labute approximate surface area is 572 Å². The molecule has 22 nitrogen and oxygen atoms in total. The highest BCUT2D eigenvalue weighted by molar-refractivity contribution is 7.13. The molecule has 0 unspecified atom stereocenters. The van der Waals surface area contributed by atoms with Crippen LogP contribution in [0, 0.1) is 34.8 Å². The molecule has 0 bridgehead atoms. The van der Waals surface area contributed by atoms with Gasteiger partial charge in [-0.1, -0.05) is 83.1 Å². The van der Waals surface area contributed by atoms with Gasteiger partial charge in [0, 0.05) is 109 Å². The minimum Gasteiger partial charge on any atom is -0.391 e. The van der Waals surface area contributed by atoms with E-state index in [2.05, 4.69) is 86.4 Å². The summed E-state index contributed by atoms with van der Waals surface area (Å²) >= 11 is 1.57. The van der Waals surface area contributed by atoms with E-state index in [1.807, 2.05) is 88.7 Å². The van der Waals surface area contributed by atoms with Crippen LogP contribution in [-0.4, -0.2) is 190 Å². The third kappa shape index (κ3) is 18.0. The molecule has 6 aliphatic rings. The van der Waals surface area contributed by atoms with Crippen LogP contribution in [0.25, 0.3) is 10.4 Å². The monoisotopic (exact) mass is 1350 g/mol. The van der Waals surface area contributed by atoms with Crippen LogP contribution >= 0.6 is 11.3 Å².